The first-order valence-corrected chi connectivity index (χ1v) is 5.20. The Bertz CT molecular complexity index is 517. The second-order valence-electron chi connectivity index (χ2n) is 3.51. The number of urea groups is 1. The third kappa shape index (κ3) is 4.15. The summed E-state index contributed by atoms with van der Waals surface area (Å²) < 4.78 is 0. The van der Waals surface area contributed by atoms with Gasteiger partial charge in [-0.2, -0.15) is 0 Å². The summed E-state index contributed by atoms with van der Waals surface area (Å²) in [6.07, 6.45) is 0. The van der Waals surface area contributed by atoms with Crippen LogP contribution >= 0.6 is 0 Å². The quantitative estimate of drug-likeness (QED) is 0.333. The minimum Gasteiger partial charge on any atom is -0.477 e. The number of amides is 2. The van der Waals surface area contributed by atoms with Gasteiger partial charge < -0.3 is 21.5 Å². The minimum atomic E-state index is -1.38. The van der Waals surface area contributed by atoms with E-state index in [9.17, 15) is 19.7 Å². The average Bonchev–Trinajstić information content (AvgIpc) is 2.33. The highest BCUT2D eigenvalue weighted by Crippen LogP contribution is 2.22. The molecule has 1 rings (SSSR count). The normalized spacial score (nSPS) is 9.68. The third-order valence-electron chi connectivity index (χ3n) is 2.18. The highest BCUT2D eigenvalue weighted by atomic mass is 16.6. The number of carbonyl (C=O) groups excluding carboxylic acids is 1. The molecule has 0 saturated carbocycles. The molecule has 0 radical (unpaired) electrons. The van der Waals surface area contributed by atoms with Crippen LogP contribution in [0.25, 0.3) is 0 Å². The van der Waals surface area contributed by atoms with Crippen molar-refractivity contribution >= 4 is 23.4 Å². The molecular formula is C10H12N4O5. The van der Waals surface area contributed by atoms with Crippen molar-refractivity contribution < 1.29 is 19.6 Å². The number of hydrogen-bond acceptors (Lipinski definition) is 5. The van der Waals surface area contributed by atoms with Crippen LogP contribution in [0.4, 0.5) is 16.2 Å². The second kappa shape index (κ2) is 6.19. The van der Waals surface area contributed by atoms with Crippen molar-refractivity contribution in [1.82, 2.24) is 5.32 Å². The summed E-state index contributed by atoms with van der Waals surface area (Å²) in [5, 5.41) is 24.7. The summed E-state index contributed by atoms with van der Waals surface area (Å²) in [7, 11) is 0. The van der Waals surface area contributed by atoms with Crippen LogP contribution in [-0.4, -0.2) is 35.1 Å². The number of benzene rings is 1. The lowest BCUT2D eigenvalue weighted by Crippen LogP contribution is -2.33. The van der Waals surface area contributed by atoms with Gasteiger partial charge in [-0.3, -0.25) is 10.1 Å². The summed E-state index contributed by atoms with van der Waals surface area (Å²) in [5.41, 5.74) is 4.37. The van der Waals surface area contributed by atoms with Crippen molar-refractivity contribution in [2.24, 2.45) is 5.73 Å². The molecular weight excluding hydrogens is 256 g/mol. The Balaban J connectivity index is 2.76. The molecule has 0 aliphatic heterocycles. The van der Waals surface area contributed by atoms with Crippen LogP contribution in [0.3, 0.4) is 0 Å². The first-order valence-electron chi connectivity index (χ1n) is 5.20. The Kier molecular flexibility index (Phi) is 4.63. The van der Waals surface area contributed by atoms with Gasteiger partial charge in [0, 0.05) is 24.8 Å². The predicted octanol–water partition coefficient (Wildman–Crippen LogP) is 0.373. The molecule has 9 nitrogen and oxygen atoms in total. The first-order chi connectivity index (χ1) is 8.91. The lowest BCUT2D eigenvalue weighted by atomic mass is 10.1. The van der Waals surface area contributed by atoms with E-state index in [1.165, 1.54) is 6.07 Å². The van der Waals surface area contributed by atoms with Gasteiger partial charge in [0.2, 0.25) is 0 Å². The number of nitro groups is 1. The molecule has 0 atom stereocenters. The number of nitrogens with zero attached hydrogens (tertiary/aromatic N) is 1. The van der Waals surface area contributed by atoms with Gasteiger partial charge in [0.1, 0.15) is 5.56 Å². The monoisotopic (exact) mass is 268 g/mol. The van der Waals surface area contributed by atoms with Crippen LogP contribution in [0.15, 0.2) is 18.2 Å². The lowest BCUT2D eigenvalue weighted by molar-refractivity contribution is -0.385. The number of anilines is 1. The van der Waals surface area contributed by atoms with Gasteiger partial charge in [-0.25, -0.2) is 9.59 Å². The largest absolute Gasteiger partial charge is 0.477 e. The van der Waals surface area contributed by atoms with E-state index >= 15 is 0 Å². The van der Waals surface area contributed by atoms with Gasteiger partial charge in [-0.15, -0.1) is 0 Å². The molecule has 5 N–H and O–H groups in total. The van der Waals surface area contributed by atoms with E-state index in [1.54, 1.807) is 0 Å². The van der Waals surface area contributed by atoms with E-state index in [1.807, 2.05) is 0 Å². The van der Waals surface area contributed by atoms with Crippen LogP contribution < -0.4 is 16.4 Å². The molecule has 0 unspecified atom stereocenters. The maximum atomic E-state index is 10.9. The second-order valence-corrected chi connectivity index (χ2v) is 3.51. The number of aromatic carboxylic acids is 1. The molecule has 2 amide bonds. The fourth-order valence-electron chi connectivity index (χ4n) is 1.37. The highest BCUT2D eigenvalue weighted by molar-refractivity contribution is 5.93. The SMILES string of the molecule is NC(=O)NCCNc1ccc([N+](=O)[O-])c(C(=O)O)c1. The summed E-state index contributed by atoms with van der Waals surface area (Å²) in [5.74, 6) is -1.38. The Morgan fingerprint density at radius 1 is 1.37 bits per heavy atom. The van der Waals surface area contributed by atoms with Crippen molar-refractivity contribution in [3.63, 3.8) is 0 Å². The van der Waals surface area contributed by atoms with E-state index in [0.717, 1.165) is 12.1 Å². The Morgan fingerprint density at radius 3 is 2.58 bits per heavy atom. The van der Waals surface area contributed by atoms with Crippen molar-refractivity contribution in [3.8, 4) is 0 Å². The molecule has 0 aliphatic carbocycles. The molecule has 0 bridgehead atoms. The fourth-order valence-corrected chi connectivity index (χ4v) is 1.37. The van der Waals surface area contributed by atoms with E-state index in [-0.39, 0.29) is 6.54 Å². The van der Waals surface area contributed by atoms with E-state index in [4.69, 9.17) is 10.8 Å². The van der Waals surface area contributed by atoms with Gasteiger partial charge in [0.25, 0.3) is 5.69 Å². The number of rotatable bonds is 6. The number of carboxylic acid groups (broad SMARTS) is 1. The minimum absolute atomic E-state index is 0.245. The molecule has 0 saturated heterocycles. The summed E-state index contributed by atoms with van der Waals surface area (Å²) >= 11 is 0. The molecule has 0 spiro atoms. The molecule has 0 fully saturated rings. The van der Waals surface area contributed by atoms with Gasteiger partial charge in [0.05, 0.1) is 4.92 Å². The molecule has 0 aliphatic rings. The van der Waals surface area contributed by atoms with Crippen molar-refractivity contribution in [1.29, 1.82) is 0 Å². The lowest BCUT2D eigenvalue weighted by Gasteiger charge is -2.07. The molecule has 0 aromatic heterocycles. The maximum absolute atomic E-state index is 10.9. The third-order valence-corrected chi connectivity index (χ3v) is 2.18. The fraction of sp³-hybridized carbons (Fsp3) is 0.200. The maximum Gasteiger partial charge on any atom is 0.342 e. The van der Waals surface area contributed by atoms with Gasteiger partial charge >= 0.3 is 12.0 Å². The van der Waals surface area contributed by atoms with Crippen LogP contribution in [0.1, 0.15) is 10.4 Å². The standard InChI is InChI=1S/C10H12N4O5/c11-10(17)13-4-3-12-6-1-2-8(14(18)19)7(5-6)9(15)16/h1-2,5,12H,3-4H2,(H,15,16)(H3,11,13,17). The molecule has 9 heteroatoms. The smallest absolute Gasteiger partial charge is 0.342 e. The van der Waals surface area contributed by atoms with E-state index in [2.05, 4.69) is 10.6 Å². The predicted molar refractivity (Wildman–Crippen MR) is 66.1 cm³/mol. The van der Waals surface area contributed by atoms with Gasteiger partial charge in [-0.05, 0) is 12.1 Å². The molecule has 0 heterocycles. The van der Waals surface area contributed by atoms with Gasteiger partial charge in [-0.1, -0.05) is 0 Å². The number of carbonyl (C=O) groups is 2. The average molecular weight is 268 g/mol. The summed E-state index contributed by atoms with van der Waals surface area (Å²) in [6, 6.07) is 2.98. The van der Waals surface area contributed by atoms with Crippen LogP contribution in [0.5, 0.6) is 0 Å². The zero-order valence-corrected chi connectivity index (χ0v) is 9.75. The number of hydrogen-bond donors (Lipinski definition) is 4. The number of carboxylic acids is 1. The van der Waals surface area contributed by atoms with Crippen LogP contribution in [0.2, 0.25) is 0 Å². The number of nitrogens with two attached hydrogens (primary N) is 1. The Morgan fingerprint density at radius 2 is 2.05 bits per heavy atom. The number of nitrogens with one attached hydrogen (secondary N) is 2. The molecule has 19 heavy (non-hydrogen) atoms. The van der Waals surface area contributed by atoms with E-state index < -0.39 is 28.2 Å². The topological polar surface area (TPSA) is 148 Å². The van der Waals surface area contributed by atoms with Crippen molar-refractivity contribution in [2.75, 3.05) is 18.4 Å². The van der Waals surface area contributed by atoms with Gasteiger partial charge in [0.15, 0.2) is 0 Å². The highest BCUT2D eigenvalue weighted by Gasteiger charge is 2.19. The van der Waals surface area contributed by atoms with E-state index in [0.29, 0.717) is 12.2 Å². The van der Waals surface area contributed by atoms with Crippen molar-refractivity contribution in [2.45, 2.75) is 0 Å². The summed E-state index contributed by atoms with van der Waals surface area (Å²) in [6.45, 7) is 0.550. The van der Waals surface area contributed by atoms with Crippen molar-refractivity contribution in [3.05, 3.63) is 33.9 Å². The zero-order valence-electron chi connectivity index (χ0n) is 9.75. The molecule has 1 aromatic carbocycles. The molecule has 1 aromatic rings. The zero-order chi connectivity index (χ0) is 14.4. The first kappa shape index (κ1) is 14.2. The van der Waals surface area contributed by atoms with Crippen LogP contribution in [-0.2, 0) is 0 Å². The Hall–Kier alpha value is -2.84. The summed E-state index contributed by atoms with van der Waals surface area (Å²) in [4.78, 5) is 31.2. The number of nitro benzene ring substituents is 1. The Labute approximate surface area is 107 Å². The van der Waals surface area contributed by atoms with Crippen LogP contribution in [0, 0.1) is 10.1 Å². The number of primary amides is 1. The molecule has 102 valence electrons.